The molecule has 0 spiro atoms. The van der Waals surface area contributed by atoms with Crippen LogP contribution in [-0.2, 0) is 4.79 Å². The van der Waals surface area contributed by atoms with Crippen molar-refractivity contribution in [1.82, 2.24) is 4.90 Å². The van der Waals surface area contributed by atoms with Gasteiger partial charge in [0, 0.05) is 17.6 Å². The number of benzene rings is 1. The number of carboxylic acid groups (broad SMARTS) is 1. The minimum atomic E-state index is -0.796. The first-order valence-corrected chi connectivity index (χ1v) is 8.16. The van der Waals surface area contributed by atoms with Crippen LogP contribution in [0.1, 0.15) is 23.2 Å². The van der Waals surface area contributed by atoms with Crippen molar-refractivity contribution in [3.63, 3.8) is 0 Å². The Hall–Kier alpha value is -1.56. The third kappa shape index (κ3) is 2.84. The molecule has 0 bridgehead atoms. The molecule has 0 unspecified atom stereocenters. The van der Waals surface area contributed by atoms with Crippen LogP contribution in [0.3, 0.4) is 0 Å². The van der Waals surface area contributed by atoms with Crippen LogP contribution in [0.2, 0.25) is 0 Å². The zero-order valence-corrected chi connectivity index (χ0v) is 13.9. The Morgan fingerprint density at radius 2 is 2.05 bits per heavy atom. The summed E-state index contributed by atoms with van der Waals surface area (Å²) in [5, 5.41) is 9.40. The fourth-order valence-electron chi connectivity index (χ4n) is 3.27. The molecule has 118 valence electrons. The third-order valence-electron chi connectivity index (χ3n) is 4.59. The molecule has 1 saturated heterocycles. The van der Waals surface area contributed by atoms with Gasteiger partial charge in [0.2, 0.25) is 0 Å². The summed E-state index contributed by atoms with van der Waals surface area (Å²) in [6.07, 6.45) is 2.16. The number of carbonyl (C=O) groups is 2. The summed E-state index contributed by atoms with van der Waals surface area (Å²) >= 11 is 3.35. The van der Waals surface area contributed by atoms with Crippen LogP contribution in [0, 0.1) is 17.8 Å². The Bertz CT molecular complexity index is 614. The van der Waals surface area contributed by atoms with Crippen LogP contribution in [0.25, 0.3) is 0 Å². The number of amides is 1. The van der Waals surface area contributed by atoms with E-state index in [9.17, 15) is 14.7 Å². The van der Waals surface area contributed by atoms with Crippen LogP contribution >= 0.6 is 15.9 Å². The fraction of sp³-hybridized carbons (Fsp3) is 0.500. The predicted molar refractivity (Wildman–Crippen MR) is 83.9 cm³/mol. The van der Waals surface area contributed by atoms with Gasteiger partial charge in [-0.25, -0.2) is 0 Å². The van der Waals surface area contributed by atoms with Crippen LogP contribution in [0.15, 0.2) is 22.7 Å². The lowest BCUT2D eigenvalue weighted by atomic mass is 9.92. The molecule has 2 fully saturated rings. The molecule has 2 aliphatic rings. The lowest BCUT2D eigenvalue weighted by molar-refractivity contribution is -0.142. The molecule has 0 radical (unpaired) electrons. The molecular weight excluding hydrogens is 350 g/mol. The molecule has 1 heterocycles. The topological polar surface area (TPSA) is 66.8 Å². The van der Waals surface area contributed by atoms with E-state index in [2.05, 4.69) is 15.9 Å². The molecular formula is C16H18BrNO4. The van der Waals surface area contributed by atoms with Gasteiger partial charge in [-0.2, -0.15) is 0 Å². The molecule has 3 rings (SSSR count). The second kappa shape index (κ2) is 5.91. The molecule has 22 heavy (non-hydrogen) atoms. The first kappa shape index (κ1) is 15.3. The molecule has 1 amide bonds. The molecule has 1 aromatic rings. The van der Waals surface area contributed by atoms with Crippen molar-refractivity contribution in [3.05, 3.63) is 28.2 Å². The highest BCUT2D eigenvalue weighted by atomic mass is 79.9. The van der Waals surface area contributed by atoms with Crippen molar-refractivity contribution in [2.45, 2.75) is 12.8 Å². The van der Waals surface area contributed by atoms with E-state index in [1.54, 1.807) is 23.1 Å². The molecule has 1 aliphatic carbocycles. The lowest BCUT2D eigenvalue weighted by Crippen LogP contribution is -2.30. The number of ether oxygens (including phenoxy) is 1. The highest BCUT2D eigenvalue weighted by molar-refractivity contribution is 9.10. The maximum Gasteiger partial charge on any atom is 0.308 e. The van der Waals surface area contributed by atoms with Gasteiger partial charge in [0.1, 0.15) is 5.75 Å². The van der Waals surface area contributed by atoms with Gasteiger partial charge in [-0.15, -0.1) is 0 Å². The monoisotopic (exact) mass is 367 g/mol. The highest BCUT2D eigenvalue weighted by Crippen LogP contribution is 2.44. The molecule has 1 saturated carbocycles. The van der Waals surface area contributed by atoms with E-state index in [4.69, 9.17) is 4.74 Å². The Morgan fingerprint density at radius 1 is 1.32 bits per heavy atom. The molecule has 1 N–H and O–H groups in total. The molecule has 0 aromatic heterocycles. The number of carboxylic acids is 1. The van der Waals surface area contributed by atoms with Crippen LogP contribution in [-0.4, -0.2) is 42.1 Å². The van der Waals surface area contributed by atoms with Gasteiger partial charge in [-0.3, -0.25) is 9.59 Å². The van der Waals surface area contributed by atoms with Crippen LogP contribution in [0.5, 0.6) is 5.75 Å². The summed E-state index contributed by atoms with van der Waals surface area (Å²) in [6, 6.07) is 5.25. The minimum Gasteiger partial charge on any atom is -0.496 e. The maximum atomic E-state index is 12.7. The zero-order valence-electron chi connectivity index (χ0n) is 12.3. The summed E-state index contributed by atoms with van der Waals surface area (Å²) in [7, 11) is 1.52. The average Bonchev–Trinajstić information content (AvgIpc) is 3.24. The lowest BCUT2D eigenvalue weighted by Gasteiger charge is -2.18. The van der Waals surface area contributed by atoms with Gasteiger partial charge in [-0.05, 0) is 42.9 Å². The van der Waals surface area contributed by atoms with Crippen molar-refractivity contribution >= 4 is 27.8 Å². The molecule has 6 heteroatoms. The number of likely N-dealkylation sites (tertiary alicyclic amines) is 1. The van der Waals surface area contributed by atoms with Gasteiger partial charge in [0.05, 0.1) is 18.6 Å². The fourth-order valence-corrected chi connectivity index (χ4v) is 3.61. The van der Waals surface area contributed by atoms with Crippen molar-refractivity contribution in [1.29, 1.82) is 0 Å². The Kier molecular flexibility index (Phi) is 4.12. The third-order valence-corrected chi connectivity index (χ3v) is 5.08. The Balaban J connectivity index is 1.82. The summed E-state index contributed by atoms with van der Waals surface area (Å²) < 4.78 is 6.11. The van der Waals surface area contributed by atoms with Crippen LogP contribution < -0.4 is 4.74 Å². The SMILES string of the molecule is COc1cc(Br)ccc1C(=O)N1C[C@H](C(=O)O)[C@@H](C2CC2)C1. The smallest absolute Gasteiger partial charge is 0.308 e. The van der Waals surface area contributed by atoms with Gasteiger partial charge in [0.25, 0.3) is 5.91 Å². The molecule has 1 aliphatic heterocycles. The second-order valence-electron chi connectivity index (χ2n) is 6.00. The number of hydrogen-bond acceptors (Lipinski definition) is 3. The molecule has 2 atom stereocenters. The van der Waals surface area contributed by atoms with Crippen molar-refractivity contribution < 1.29 is 19.4 Å². The van der Waals surface area contributed by atoms with Gasteiger partial charge in [-0.1, -0.05) is 15.9 Å². The van der Waals surface area contributed by atoms with Crippen molar-refractivity contribution in [2.24, 2.45) is 17.8 Å². The van der Waals surface area contributed by atoms with E-state index < -0.39 is 11.9 Å². The van der Waals surface area contributed by atoms with E-state index in [0.29, 0.717) is 23.8 Å². The standard InChI is InChI=1S/C16H18BrNO4/c1-22-14-6-10(17)4-5-11(14)15(19)18-7-12(9-2-3-9)13(8-18)16(20)21/h4-6,9,12-13H,2-3,7-8H2,1H3,(H,20,21)/t12-,13+/m1/s1. The van der Waals surface area contributed by atoms with Gasteiger partial charge < -0.3 is 14.7 Å². The summed E-state index contributed by atoms with van der Waals surface area (Å²) in [5.74, 6) is -0.346. The number of halogens is 1. The number of nitrogens with zero attached hydrogens (tertiary/aromatic N) is 1. The van der Waals surface area contributed by atoms with Crippen molar-refractivity contribution in [2.75, 3.05) is 20.2 Å². The van der Waals surface area contributed by atoms with Gasteiger partial charge in [0.15, 0.2) is 0 Å². The summed E-state index contributed by atoms with van der Waals surface area (Å²) in [6.45, 7) is 0.814. The number of carbonyl (C=O) groups excluding carboxylic acids is 1. The predicted octanol–water partition coefficient (Wildman–Crippen LogP) is 2.64. The maximum absolute atomic E-state index is 12.7. The van der Waals surface area contributed by atoms with E-state index in [-0.39, 0.29) is 18.4 Å². The number of methoxy groups -OCH3 is 1. The number of aliphatic carboxylic acids is 1. The minimum absolute atomic E-state index is 0.0860. The van der Waals surface area contributed by atoms with Crippen molar-refractivity contribution in [3.8, 4) is 5.75 Å². The highest BCUT2D eigenvalue weighted by Gasteiger charge is 2.47. The normalized spacial score (nSPS) is 24.4. The number of hydrogen-bond donors (Lipinski definition) is 1. The van der Waals surface area contributed by atoms with E-state index in [0.717, 1.165) is 17.3 Å². The first-order chi connectivity index (χ1) is 10.5. The Labute approximate surface area is 137 Å². The number of rotatable bonds is 4. The quantitative estimate of drug-likeness (QED) is 0.888. The second-order valence-corrected chi connectivity index (χ2v) is 6.92. The Morgan fingerprint density at radius 3 is 2.64 bits per heavy atom. The molecule has 5 nitrogen and oxygen atoms in total. The largest absolute Gasteiger partial charge is 0.496 e. The first-order valence-electron chi connectivity index (χ1n) is 7.37. The van der Waals surface area contributed by atoms with E-state index in [1.165, 1.54) is 7.11 Å². The van der Waals surface area contributed by atoms with Crippen LogP contribution in [0.4, 0.5) is 0 Å². The van der Waals surface area contributed by atoms with Gasteiger partial charge >= 0.3 is 5.97 Å². The molecule has 1 aromatic carbocycles. The van der Waals surface area contributed by atoms with E-state index in [1.807, 2.05) is 0 Å². The summed E-state index contributed by atoms with van der Waals surface area (Å²) in [5.41, 5.74) is 0.478. The zero-order chi connectivity index (χ0) is 15.9. The average molecular weight is 368 g/mol. The van der Waals surface area contributed by atoms with E-state index >= 15 is 0 Å². The summed E-state index contributed by atoms with van der Waals surface area (Å²) in [4.78, 5) is 25.8.